The van der Waals surface area contributed by atoms with Gasteiger partial charge >= 0.3 is 0 Å². The Balaban J connectivity index is 2.43. The van der Waals surface area contributed by atoms with Gasteiger partial charge in [0.15, 0.2) is 0 Å². The molecule has 0 aliphatic rings. The SMILES string of the molecule is Cc1cc(Br)c(O)c(/C=N/c2cccc([N+](=O)[O-])c2Cl)c1. The van der Waals surface area contributed by atoms with E-state index >= 15 is 0 Å². The van der Waals surface area contributed by atoms with Crippen molar-refractivity contribution in [2.24, 2.45) is 4.99 Å². The van der Waals surface area contributed by atoms with Gasteiger partial charge in [-0.15, -0.1) is 0 Å². The Hall–Kier alpha value is -1.92. The molecular weight excluding hydrogens is 360 g/mol. The highest BCUT2D eigenvalue weighted by Gasteiger charge is 2.14. The molecule has 5 nitrogen and oxygen atoms in total. The van der Waals surface area contributed by atoms with E-state index in [0.717, 1.165) is 5.56 Å². The van der Waals surface area contributed by atoms with Gasteiger partial charge in [-0.1, -0.05) is 17.7 Å². The first-order valence-electron chi connectivity index (χ1n) is 5.86. The number of hydrogen-bond acceptors (Lipinski definition) is 4. The van der Waals surface area contributed by atoms with Crippen LogP contribution in [0.4, 0.5) is 11.4 Å². The molecule has 0 amide bonds. The molecule has 0 heterocycles. The van der Waals surface area contributed by atoms with E-state index in [4.69, 9.17) is 11.6 Å². The Kier molecular flexibility index (Phi) is 4.59. The maximum Gasteiger partial charge on any atom is 0.290 e. The zero-order valence-electron chi connectivity index (χ0n) is 10.9. The summed E-state index contributed by atoms with van der Waals surface area (Å²) in [5.74, 6) is 0.0471. The van der Waals surface area contributed by atoms with E-state index in [1.165, 1.54) is 18.3 Å². The van der Waals surface area contributed by atoms with E-state index in [1.807, 2.05) is 6.92 Å². The number of benzene rings is 2. The molecule has 7 heteroatoms. The molecule has 0 bridgehead atoms. The Bertz CT molecular complexity index is 747. The van der Waals surface area contributed by atoms with Crippen molar-refractivity contribution in [3.63, 3.8) is 0 Å². The second-order valence-electron chi connectivity index (χ2n) is 4.31. The van der Waals surface area contributed by atoms with Crippen molar-refractivity contribution in [2.45, 2.75) is 6.92 Å². The van der Waals surface area contributed by atoms with Gasteiger partial charge in [0.05, 0.1) is 15.1 Å². The lowest BCUT2D eigenvalue weighted by Crippen LogP contribution is -1.89. The van der Waals surface area contributed by atoms with E-state index in [1.54, 1.807) is 18.2 Å². The van der Waals surface area contributed by atoms with Crippen molar-refractivity contribution in [3.05, 3.63) is 61.1 Å². The molecular formula is C14H10BrClN2O3. The van der Waals surface area contributed by atoms with Gasteiger partial charge in [0.2, 0.25) is 0 Å². The second kappa shape index (κ2) is 6.24. The summed E-state index contributed by atoms with van der Waals surface area (Å²) >= 11 is 9.19. The van der Waals surface area contributed by atoms with Crippen LogP contribution in [0, 0.1) is 17.0 Å². The first kappa shape index (κ1) is 15.5. The van der Waals surface area contributed by atoms with Gasteiger partial charge in [-0.2, -0.15) is 0 Å². The number of nitro benzene ring substituents is 1. The van der Waals surface area contributed by atoms with Crippen molar-refractivity contribution in [1.82, 2.24) is 0 Å². The van der Waals surface area contributed by atoms with Crippen molar-refractivity contribution in [1.29, 1.82) is 0 Å². The molecule has 0 saturated carbocycles. The third-order valence-corrected chi connectivity index (χ3v) is 3.73. The largest absolute Gasteiger partial charge is 0.506 e. The van der Waals surface area contributed by atoms with Gasteiger partial charge in [-0.3, -0.25) is 15.1 Å². The molecule has 0 unspecified atom stereocenters. The Morgan fingerprint density at radius 3 is 2.81 bits per heavy atom. The minimum Gasteiger partial charge on any atom is -0.506 e. The summed E-state index contributed by atoms with van der Waals surface area (Å²) in [7, 11) is 0. The molecule has 0 atom stereocenters. The molecule has 0 aromatic heterocycles. The number of aryl methyl sites for hydroxylation is 1. The molecule has 2 rings (SSSR count). The van der Waals surface area contributed by atoms with E-state index in [9.17, 15) is 15.2 Å². The number of phenolic OH excluding ortho intramolecular Hbond substituents is 1. The highest BCUT2D eigenvalue weighted by atomic mass is 79.9. The number of phenols is 1. The van der Waals surface area contributed by atoms with E-state index in [-0.39, 0.29) is 22.1 Å². The molecule has 108 valence electrons. The van der Waals surface area contributed by atoms with Crippen LogP contribution < -0.4 is 0 Å². The zero-order chi connectivity index (χ0) is 15.6. The van der Waals surface area contributed by atoms with Crippen LogP contribution in [0.25, 0.3) is 0 Å². The van der Waals surface area contributed by atoms with Crippen LogP contribution in [0.15, 0.2) is 39.8 Å². The number of aliphatic imine (C=N–C) groups is 1. The summed E-state index contributed by atoms with van der Waals surface area (Å²) in [6, 6.07) is 7.89. The van der Waals surface area contributed by atoms with Crippen LogP contribution in [0.2, 0.25) is 5.02 Å². The summed E-state index contributed by atoms with van der Waals surface area (Å²) in [6.07, 6.45) is 1.41. The lowest BCUT2D eigenvalue weighted by Gasteiger charge is -2.04. The van der Waals surface area contributed by atoms with Gasteiger partial charge < -0.3 is 5.11 Å². The highest BCUT2D eigenvalue weighted by Crippen LogP contribution is 2.34. The minimum absolute atomic E-state index is 0.0371. The van der Waals surface area contributed by atoms with Crippen LogP contribution in [-0.2, 0) is 0 Å². The normalized spacial score (nSPS) is 11.0. The molecule has 1 N–H and O–H groups in total. The predicted molar refractivity (Wildman–Crippen MR) is 85.9 cm³/mol. The van der Waals surface area contributed by atoms with Crippen LogP contribution in [0.5, 0.6) is 5.75 Å². The quantitative estimate of drug-likeness (QED) is 0.481. The fourth-order valence-corrected chi connectivity index (χ4v) is 2.58. The Labute approximate surface area is 134 Å². The van der Waals surface area contributed by atoms with Gasteiger partial charge in [0.25, 0.3) is 5.69 Å². The number of hydrogen-bond donors (Lipinski definition) is 1. The minimum atomic E-state index is -0.567. The standard InChI is InChI=1S/C14H10BrClN2O3/c1-8-5-9(14(19)10(15)6-8)7-17-11-3-2-4-12(13(11)16)18(20)21/h2-7,19H,1H3/b17-7+. The smallest absolute Gasteiger partial charge is 0.290 e. The number of halogens is 2. The third kappa shape index (κ3) is 3.40. The van der Waals surface area contributed by atoms with Crippen LogP contribution >= 0.6 is 27.5 Å². The summed E-state index contributed by atoms with van der Waals surface area (Å²) in [6.45, 7) is 1.88. The molecule has 2 aromatic rings. The molecule has 0 saturated heterocycles. The lowest BCUT2D eigenvalue weighted by atomic mass is 10.1. The maximum atomic E-state index is 10.8. The first-order chi connectivity index (χ1) is 9.90. The first-order valence-corrected chi connectivity index (χ1v) is 7.03. The summed E-state index contributed by atoms with van der Waals surface area (Å²) in [5.41, 5.74) is 1.49. The average Bonchev–Trinajstić information content (AvgIpc) is 2.42. The highest BCUT2D eigenvalue weighted by molar-refractivity contribution is 9.10. The van der Waals surface area contributed by atoms with Crippen molar-refractivity contribution in [2.75, 3.05) is 0 Å². The third-order valence-electron chi connectivity index (χ3n) is 2.73. The monoisotopic (exact) mass is 368 g/mol. The fourth-order valence-electron chi connectivity index (χ4n) is 1.75. The van der Waals surface area contributed by atoms with Crippen molar-refractivity contribution < 1.29 is 10.0 Å². The molecule has 0 aliphatic carbocycles. The fraction of sp³-hybridized carbons (Fsp3) is 0.0714. The van der Waals surface area contributed by atoms with Gasteiger partial charge in [0.1, 0.15) is 10.8 Å². The number of aromatic hydroxyl groups is 1. The van der Waals surface area contributed by atoms with E-state index < -0.39 is 4.92 Å². The summed E-state index contributed by atoms with van der Waals surface area (Å²) in [5, 5.41) is 20.7. The number of nitrogens with zero attached hydrogens (tertiary/aromatic N) is 2. The second-order valence-corrected chi connectivity index (χ2v) is 5.54. The van der Waals surface area contributed by atoms with Crippen LogP contribution in [0.1, 0.15) is 11.1 Å². The van der Waals surface area contributed by atoms with Crippen molar-refractivity contribution in [3.8, 4) is 5.75 Å². The van der Waals surface area contributed by atoms with Crippen LogP contribution in [0.3, 0.4) is 0 Å². The topological polar surface area (TPSA) is 75.7 Å². The molecule has 2 aromatic carbocycles. The van der Waals surface area contributed by atoms with Gasteiger partial charge in [-0.25, -0.2) is 0 Å². The molecule has 0 fully saturated rings. The number of nitro groups is 1. The average molecular weight is 370 g/mol. The molecule has 0 radical (unpaired) electrons. The van der Waals surface area contributed by atoms with Gasteiger partial charge in [-0.05, 0) is 46.6 Å². The zero-order valence-corrected chi connectivity index (χ0v) is 13.2. The summed E-state index contributed by atoms with van der Waals surface area (Å²) in [4.78, 5) is 14.4. The Morgan fingerprint density at radius 1 is 1.43 bits per heavy atom. The van der Waals surface area contributed by atoms with Crippen molar-refractivity contribution >= 4 is 45.1 Å². The van der Waals surface area contributed by atoms with Gasteiger partial charge in [0, 0.05) is 17.8 Å². The molecule has 0 aliphatic heterocycles. The lowest BCUT2D eigenvalue weighted by molar-refractivity contribution is -0.384. The van der Waals surface area contributed by atoms with E-state index in [2.05, 4.69) is 20.9 Å². The predicted octanol–water partition coefficient (Wildman–Crippen LogP) is 4.78. The van der Waals surface area contributed by atoms with E-state index in [0.29, 0.717) is 10.0 Å². The molecule has 21 heavy (non-hydrogen) atoms. The summed E-state index contributed by atoms with van der Waals surface area (Å²) < 4.78 is 0.550. The number of rotatable bonds is 3. The maximum absolute atomic E-state index is 10.8. The van der Waals surface area contributed by atoms with Crippen LogP contribution in [-0.4, -0.2) is 16.2 Å². The Morgan fingerprint density at radius 2 is 2.14 bits per heavy atom. The molecule has 0 spiro atoms.